The molecule has 20 heavy (non-hydrogen) atoms. The van der Waals surface area contributed by atoms with Crippen molar-refractivity contribution in [3.63, 3.8) is 0 Å². The maximum absolute atomic E-state index is 13.6. The molecular weight excluding hydrogens is 261 g/mol. The minimum absolute atomic E-state index is 0.0695. The predicted octanol–water partition coefficient (Wildman–Crippen LogP) is 2.24. The van der Waals surface area contributed by atoms with E-state index in [0.717, 1.165) is 19.3 Å². The molecule has 0 unspecified atom stereocenters. The van der Waals surface area contributed by atoms with Gasteiger partial charge < -0.3 is 16.4 Å². The topological polar surface area (TPSA) is 84.2 Å². The Kier molecular flexibility index (Phi) is 6.66. The Morgan fingerprint density at radius 3 is 2.60 bits per heavy atom. The molecule has 0 radical (unpaired) electrons. The van der Waals surface area contributed by atoms with Crippen LogP contribution in [0.25, 0.3) is 0 Å². The molecule has 0 fully saturated rings. The Labute approximate surface area is 117 Å². The maximum Gasteiger partial charge on any atom is 0.224 e. The van der Waals surface area contributed by atoms with Gasteiger partial charge in [0, 0.05) is 19.0 Å². The quantitative estimate of drug-likeness (QED) is 0.670. The van der Waals surface area contributed by atoms with E-state index in [2.05, 4.69) is 10.6 Å². The molecule has 0 atom stereocenters. The Bertz CT molecular complexity index is 477. The molecular formula is C14H20FN3O2. The van der Waals surface area contributed by atoms with E-state index < -0.39 is 5.82 Å². The molecule has 6 heteroatoms. The summed E-state index contributed by atoms with van der Waals surface area (Å²) in [5.41, 5.74) is 5.87. The van der Waals surface area contributed by atoms with Crippen LogP contribution in [0, 0.1) is 5.82 Å². The summed E-state index contributed by atoms with van der Waals surface area (Å²) in [6.07, 6.45) is 2.79. The predicted molar refractivity (Wildman–Crippen MR) is 76.9 cm³/mol. The van der Waals surface area contributed by atoms with E-state index in [4.69, 9.17) is 5.73 Å². The van der Waals surface area contributed by atoms with Crippen LogP contribution in [0.1, 0.15) is 32.6 Å². The molecule has 1 rings (SSSR count). The molecule has 0 saturated carbocycles. The van der Waals surface area contributed by atoms with E-state index in [1.807, 2.05) is 0 Å². The van der Waals surface area contributed by atoms with Gasteiger partial charge in [-0.2, -0.15) is 0 Å². The molecule has 0 bridgehead atoms. The van der Waals surface area contributed by atoms with Crippen molar-refractivity contribution in [2.75, 3.05) is 17.2 Å². The number of hydrogen-bond donors (Lipinski definition) is 3. The zero-order valence-electron chi connectivity index (χ0n) is 11.5. The minimum Gasteiger partial charge on any atom is -0.330 e. The second-order valence-corrected chi connectivity index (χ2v) is 4.52. The molecule has 0 spiro atoms. The van der Waals surface area contributed by atoms with Gasteiger partial charge in [0.2, 0.25) is 11.8 Å². The fourth-order valence-electron chi connectivity index (χ4n) is 1.72. The molecule has 1 aromatic carbocycles. The summed E-state index contributed by atoms with van der Waals surface area (Å²) >= 11 is 0. The highest BCUT2D eigenvalue weighted by molar-refractivity contribution is 5.93. The van der Waals surface area contributed by atoms with Gasteiger partial charge in [-0.05, 0) is 37.6 Å². The van der Waals surface area contributed by atoms with Crippen molar-refractivity contribution in [2.45, 2.75) is 32.6 Å². The number of amides is 2. The smallest absolute Gasteiger partial charge is 0.224 e. The molecule has 4 N–H and O–H groups in total. The number of anilines is 2. The summed E-state index contributed by atoms with van der Waals surface area (Å²) in [5.74, 6) is -1.04. The number of benzene rings is 1. The van der Waals surface area contributed by atoms with E-state index in [1.54, 1.807) is 0 Å². The van der Waals surface area contributed by atoms with Gasteiger partial charge in [-0.3, -0.25) is 9.59 Å². The minimum atomic E-state index is -0.533. The summed E-state index contributed by atoms with van der Waals surface area (Å²) in [4.78, 5) is 22.6. The highest BCUT2D eigenvalue weighted by Crippen LogP contribution is 2.20. The van der Waals surface area contributed by atoms with E-state index in [1.165, 1.54) is 25.1 Å². The van der Waals surface area contributed by atoms with Crippen molar-refractivity contribution in [1.29, 1.82) is 0 Å². The van der Waals surface area contributed by atoms with Crippen LogP contribution in [0.2, 0.25) is 0 Å². The summed E-state index contributed by atoms with van der Waals surface area (Å²) in [7, 11) is 0. The van der Waals surface area contributed by atoms with Gasteiger partial charge >= 0.3 is 0 Å². The summed E-state index contributed by atoms with van der Waals surface area (Å²) in [6, 6.07) is 4.04. The van der Waals surface area contributed by atoms with Crippen molar-refractivity contribution in [3.8, 4) is 0 Å². The lowest BCUT2D eigenvalue weighted by Crippen LogP contribution is -2.13. The highest BCUT2D eigenvalue weighted by atomic mass is 19.1. The van der Waals surface area contributed by atoms with E-state index >= 15 is 0 Å². The van der Waals surface area contributed by atoms with Gasteiger partial charge in [-0.25, -0.2) is 4.39 Å². The average Bonchev–Trinajstić information content (AvgIpc) is 2.38. The number of unbranched alkanes of at least 4 members (excludes halogenated alkanes) is 2. The number of rotatable bonds is 7. The molecule has 2 amide bonds. The van der Waals surface area contributed by atoms with E-state index in [9.17, 15) is 14.0 Å². The van der Waals surface area contributed by atoms with Crippen LogP contribution < -0.4 is 16.4 Å². The number of nitrogens with one attached hydrogen (secondary N) is 2. The van der Waals surface area contributed by atoms with Crippen LogP contribution in [0.4, 0.5) is 15.8 Å². The first kappa shape index (κ1) is 16.1. The van der Waals surface area contributed by atoms with Gasteiger partial charge in [-0.1, -0.05) is 6.42 Å². The number of hydrogen-bond acceptors (Lipinski definition) is 3. The summed E-state index contributed by atoms with van der Waals surface area (Å²) < 4.78 is 13.6. The zero-order chi connectivity index (χ0) is 15.0. The Balaban J connectivity index is 2.57. The largest absolute Gasteiger partial charge is 0.330 e. The maximum atomic E-state index is 13.6. The third-order valence-corrected chi connectivity index (χ3v) is 2.67. The summed E-state index contributed by atoms with van der Waals surface area (Å²) in [6.45, 7) is 1.97. The van der Waals surface area contributed by atoms with Gasteiger partial charge in [0.1, 0.15) is 5.82 Å². The van der Waals surface area contributed by atoms with Gasteiger partial charge in [0.15, 0.2) is 0 Å². The van der Waals surface area contributed by atoms with Crippen LogP contribution in [0.5, 0.6) is 0 Å². The first-order valence-electron chi connectivity index (χ1n) is 6.60. The molecule has 0 saturated heterocycles. The number of carbonyl (C=O) groups excluding carboxylic acids is 2. The normalized spacial score (nSPS) is 10.2. The lowest BCUT2D eigenvalue weighted by atomic mass is 10.2. The standard InChI is InChI=1S/C14H20FN3O2/c1-10(19)17-11-6-7-12(15)13(9-11)18-14(20)5-3-2-4-8-16/h6-7,9H,2-5,8,16H2,1H3,(H,17,19)(H,18,20). The van der Waals surface area contributed by atoms with Crippen molar-refractivity contribution in [3.05, 3.63) is 24.0 Å². The SMILES string of the molecule is CC(=O)Nc1ccc(F)c(NC(=O)CCCCCN)c1. The second-order valence-electron chi connectivity index (χ2n) is 4.52. The number of halogens is 1. The van der Waals surface area contributed by atoms with Crippen molar-refractivity contribution in [1.82, 2.24) is 0 Å². The monoisotopic (exact) mass is 281 g/mol. The van der Waals surface area contributed by atoms with E-state index in [0.29, 0.717) is 18.7 Å². The number of carbonyl (C=O) groups is 2. The van der Waals surface area contributed by atoms with Crippen LogP contribution in [-0.2, 0) is 9.59 Å². The van der Waals surface area contributed by atoms with Crippen LogP contribution in [0.3, 0.4) is 0 Å². The Morgan fingerprint density at radius 1 is 1.20 bits per heavy atom. The third-order valence-electron chi connectivity index (χ3n) is 2.67. The molecule has 0 aromatic heterocycles. The van der Waals surface area contributed by atoms with E-state index in [-0.39, 0.29) is 17.5 Å². The first-order valence-corrected chi connectivity index (χ1v) is 6.60. The molecule has 5 nitrogen and oxygen atoms in total. The van der Waals surface area contributed by atoms with Gasteiger partial charge in [0.25, 0.3) is 0 Å². The first-order chi connectivity index (χ1) is 9.52. The molecule has 0 heterocycles. The van der Waals surface area contributed by atoms with Crippen molar-refractivity contribution >= 4 is 23.2 Å². The van der Waals surface area contributed by atoms with Crippen molar-refractivity contribution < 1.29 is 14.0 Å². The molecule has 110 valence electrons. The van der Waals surface area contributed by atoms with Crippen molar-refractivity contribution in [2.24, 2.45) is 5.73 Å². The molecule has 0 aliphatic carbocycles. The van der Waals surface area contributed by atoms with Gasteiger partial charge in [0.05, 0.1) is 5.69 Å². The Morgan fingerprint density at radius 2 is 1.95 bits per heavy atom. The van der Waals surface area contributed by atoms with Gasteiger partial charge in [-0.15, -0.1) is 0 Å². The number of nitrogens with two attached hydrogens (primary N) is 1. The second kappa shape index (κ2) is 8.27. The van der Waals surface area contributed by atoms with Crippen LogP contribution in [-0.4, -0.2) is 18.4 Å². The Hall–Kier alpha value is -1.95. The fraction of sp³-hybridized carbons (Fsp3) is 0.429. The summed E-state index contributed by atoms with van der Waals surface area (Å²) in [5, 5.41) is 5.04. The highest BCUT2D eigenvalue weighted by Gasteiger charge is 2.08. The lowest BCUT2D eigenvalue weighted by molar-refractivity contribution is -0.116. The third kappa shape index (κ3) is 5.79. The van der Waals surface area contributed by atoms with Crippen LogP contribution >= 0.6 is 0 Å². The average molecular weight is 281 g/mol. The fourth-order valence-corrected chi connectivity index (χ4v) is 1.72. The molecule has 0 aliphatic rings. The molecule has 1 aromatic rings. The lowest BCUT2D eigenvalue weighted by Gasteiger charge is -2.09. The molecule has 0 aliphatic heterocycles. The van der Waals surface area contributed by atoms with Crippen LogP contribution in [0.15, 0.2) is 18.2 Å². The zero-order valence-corrected chi connectivity index (χ0v) is 11.5.